The van der Waals surface area contributed by atoms with E-state index < -0.39 is 0 Å². The topological polar surface area (TPSA) is 41.6 Å². The van der Waals surface area contributed by atoms with Crippen molar-refractivity contribution in [3.8, 4) is 0 Å². The number of rotatable bonds is 4. The van der Waals surface area contributed by atoms with Gasteiger partial charge in [-0.3, -0.25) is 9.69 Å². The summed E-state index contributed by atoms with van der Waals surface area (Å²) in [5, 5.41) is 2.98. The first-order valence-electron chi connectivity index (χ1n) is 6.80. The Balaban J connectivity index is 1.77. The number of amides is 1. The number of carbonyl (C=O) groups excluding carboxylic acids is 1. The number of hydrogen-bond acceptors (Lipinski definition) is 3. The maximum atomic E-state index is 11.9. The van der Waals surface area contributed by atoms with E-state index in [-0.39, 0.29) is 12.0 Å². The summed E-state index contributed by atoms with van der Waals surface area (Å²) >= 11 is 0. The number of hydrogen-bond donors (Lipinski definition) is 1. The Hall–Kier alpha value is -1.39. The Morgan fingerprint density at radius 1 is 1.47 bits per heavy atom. The van der Waals surface area contributed by atoms with Crippen molar-refractivity contribution in [1.82, 2.24) is 10.2 Å². The quantitative estimate of drug-likeness (QED) is 0.890. The minimum atomic E-state index is 0.0809. The molecule has 104 valence electrons. The van der Waals surface area contributed by atoms with Gasteiger partial charge in [-0.25, -0.2) is 0 Å². The molecule has 1 N–H and O–H groups in total. The molecule has 0 aliphatic carbocycles. The number of benzene rings is 1. The molecule has 1 aliphatic rings. The third-order valence-electron chi connectivity index (χ3n) is 3.43. The van der Waals surface area contributed by atoms with Gasteiger partial charge in [0.15, 0.2) is 0 Å². The van der Waals surface area contributed by atoms with E-state index in [4.69, 9.17) is 4.74 Å². The van der Waals surface area contributed by atoms with Crippen molar-refractivity contribution >= 4 is 5.91 Å². The van der Waals surface area contributed by atoms with Gasteiger partial charge in [0.2, 0.25) is 5.91 Å². The molecule has 1 saturated heterocycles. The largest absolute Gasteiger partial charge is 0.376 e. The van der Waals surface area contributed by atoms with Crippen LogP contribution in [0.5, 0.6) is 0 Å². The molecule has 1 aliphatic heterocycles. The van der Waals surface area contributed by atoms with Crippen molar-refractivity contribution in [2.45, 2.75) is 26.5 Å². The zero-order valence-electron chi connectivity index (χ0n) is 11.7. The summed E-state index contributed by atoms with van der Waals surface area (Å²) in [6.45, 7) is 7.54. The molecule has 1 heterocycles. The lowest BCUT2D eigenvalue weighted by Gasteiger charge is -2.30. The van der Waals surface area contributed by atoms with Crippen LogP contribution in [0.4, 0.5) is 0 Å². The molecule has 19 heavy (non-hydrogen) atoms. The number of aryl methyl sites for hydroxylation is 1. The fourth-order valence-electron chi connectivity index (χ4n) is 2.30. The van der Waals surface area contributed by atoms with Crippen LogP contribution in [0.2, 0.25) is 0 Å². The molecule has 0 saturated carbocycles. The van der Waals surface area contributed by atoms with Gasteiger partial charge in [-0.2, -0.15) is 0 Å². The molecule has 1 fully saturated rings. The third-order valence-corrected chi connectivity index (χ3v) is 3.43. The molecule has 4 nitrogen and oxygen atoms in total. The van der Waals surface area contributed by atoms with E-state index in [1.807, 2.05) is 25.1 Å². The monoisotopic (exact) mass is 262 g/mol. The van der Waals surface area contributed by atoms with Crippen molar-refractivity contribution in [3.05, 3.63) is 35.4 Å². The fourth-order valence-corrected chi connectivity index (χ4v) is 2.30. The SMILES string of the molecule is Cc1ccccc1CNC(=O)CN1CCOC(C)C1. The number of nitrogens with one attached hydrogen (secondary N) is 1. The second kappa shape index (κ2) is 6.68. The van der Waals surface area contributed by atoms with Crippen LogP contribution in [0.3, 0.4) is 0 Å². The average molecular weight is 262 g/mol. The third kappa shape index (κ3) is 4.33. The molecule has 1 amide bonds. The Labute approximate surface area is 114 Å². The van der Waals surface area contributed by atoms with Crippen molar-refractivity contribution < 1.29 is 9.53 Å². The number of carbonyl (C=O) groups is 1. The van der Waals surface area contributed by atoms with Gasteiger partial charge in [0.05, 0.1) is 19.3 Å². The first kappa shape index (κ1) is 14.0. The molecule has 0 bridgehead atoms. The molecule has 0 radical (unpaired) electrons. The van der Waals surface area contributed by atoms with Gasteiger partial charge in [-0.1, -0.05) is 24.3 Å². The minimum Gasteiger partial charge on any atom is -0.376 e. The molecule has 4 heteroatoms. The summed E-state index contributed by atoms with van der Waals surface area (Å²) in [6.07, 6.45) is 0.220. The van der Waals surface area contributed by atoms with Crippen LogP contribution < -0.4 is 5.32 Å². The normalized spacial score (nSPS) is 20.2. The molecule has 0 spiro atoms. The summed E-state index contributed by atoms with van der Waals surface area (Å²) < 4.78 is 5.46. The molecule has 1 aromatic carbocycles. The van der Waals surface area contributed by atoms with Crippen LogP contribution >= 0.6 is 0 Å². The summed E-state index contributed by atoms with van der Waals surface area (Å²) in [5.74, 6) is 0.0809. The van der Waals surface area contributed by atoms with Crippen molar-refractivity contribution in [1.29, 1.82) is 0 Å². The van der Waals surface area contributed by atoms with Crippen molar-refractivity contribution in [3.63, 3.8) is 0 Å². The molecular weight excluding hydrogens is 240 g/mol. The fraction of sp³-hybridized carbons (Fsp3) is 0.533. The standard InChI is InChI=1S/C15H22N2O2/c1-12-5-3-4-6-14(12)9-16-15(18)11-17-7-8-19-13(2)10-17/h3-6,13H,7-11H2,1-2H3,(H,16,18). The zero-order chi connectivity index (χ0) is 13.7. The van der Waals surface area contributed by atoms with Gasteiger partial charge in [0, 0.05) is 19.6 Å². The Morgan fingerprint density at radius 2 is 2.26 bits per heavy atom. The van der Waals surface area contributed by atoms with Crippen LogP contribution in [-0.4, -0.2) is 43.2 Å². The number of ether oxygens (including phenoxy) is 1. The van der Waals surface area contributed by atoms with Gasteiger partial charge in [-0.15, -0.1) is 0 Å². The minimum absolute atomic E-state index is 0.0809. The van der Waals surface area contributed by atoms with Crippen molar-refractivity contribution in [2.24, 2.45) is 0 Å². The number of morpholine rings is 1. The summed E-state index contributed by atoms with van der Waals surface area (Å²) in [4.78, 5) is 14.0. The lowest BCUT2D eigenvalue weighted by molar-refractivity contribution is -0.124. The smallest absolute Gasteiger partial charge is 0.234 e. The Kier molecular flexibility index (Phi) is 4.93. The maximum absolute atomic E-state index is 11.9. The summed E-state index contributed by atoms with van der Waals surface area (Å²) in [7, 11) is 0. The maximum Gasteiger partial charge on any atom is 0.234 e. The highest BCUT2D eigenvalue weighted by Gasteiger charge is 2.18. The molecule has 1 aromatic rings. The van der Waals surface area contributed by atoms with Crippen LogP contribution in [-0.2, 0) is 16.1 Å². The van der Waals surface area contributed by atoms with E-state index in [9.17, 15) is 4.79 Å². The van der Waals surface area contributed by atoms with Crippen LogP contribution in [0.1, 0.15) is 18.1 Å². The van der Waals surface area contributed by atoms with E-state index in [0.717, 1.165) is 13.1 Å². The van der Waals surface area contributed by atoms with Crippen LogP contribution in [0.25, 0.3) is 0 Å². The average Bonchev–Trinajstić information content (AvgIpc) is 2.38. The second-order valence-corrected chi connectivity index (χ2v) is 5.12. The first-order valence-corrected chi connectivity index (χ1v) is 6.80. The summed E-state index contributed by atoms with van der Waals surface area (Å²) in [6, 6.07) is 8.12. The molecule has 1 unspecified atom stereocenters. The van der Waals surface area contributed by atoms with Gasteiger partial charge < -0.3 is 10.1 Å². The van der Waals surface area contributed by atoms with Crippen molar-refractivity contribution in [2.75, 3.05) is 26.2 Å². The first-order chi connectivity index (χ1) is 9.15. The lowest BCUT2D eigenvalue weighted by atomic mass is 10.1. The van der Waals surface area contributed by atoms with Gasteiger partial charge >= 0.3 is 0 Å². The van der Waals surface area contributed by atoms with Crippen LogP contribution in [0.15, 0.2) is 24.3 Å². The molecule has 1 atom stereocenters. The lowest BCUT2D eigenvalue weighted by Crippen LogP contribution is -2.45. The van der Waals surface area contributed by atoms with Gasteiger partial charge in [0.1, 0.15) is 0 Å². The molecular formula is C15H22N2O2. The highest BCUT2D eigenvalue weighted by atomic mass is 16.5. The Morgan fingerprint density at radius 3 is 3.00 bits per heavy atom. The van der Waals surface area contributed by atoms with Gasteiger partial charge in [0.25, 0.3) is 0 Å². The zero-order valence-corrected chi connectivity index (χ0v) is 11.7. The van der Waals surface area contributed by atoms with Gasteiger partial charge in [-0.05, 0) is 25.0 Å². The Bertz CT molecular complexity index is 434. The van der Waals surface area contributed by atoms with E-state index in [2.05, 4.69) is 23.2 Å². The summed E-state index contributed by atoms with van der Waals surface area (Å²) in [5.41, 5.74) is 2.38. The van der Waals surface area contributed by atoms with Crippen LogP contribution in [0, 0.1) is 6.92 Å². The van der Waals surface area contributed by atoms with E-state index in [0.29, 0.717) is 19.7 Å². The highest BCUT2D eigenvalue weighted by molar-refractivity contribution is 5.78. The highest BCUT2D eigenvalue weighted by Crippen LogP contribution is 2.06. The molecule has 0 aromatic heterocycles. The van der Waals surface area contributed by atoms with E-state index in [1.54, 1.807) is 0 Å². The predicted octanol–water partition coefficient (Wildman–Crippen LogP) is 1.33. The predicted molar refractivity (Wildman–Crippen MR) is 74.9 cm³/mol. The second-order valence-electron chi connectivity index (χ2n) is 5.12. The molecule has 2 rings (SSSR count). The van der Waals surface area contributed by atoms with E-state index in [1.165, 1.54) is 11.1 Å². The number of nitrogens with zero attached hydrogens (tertiary/aromatic N) is 1. The van der Waals surface area contributed by atoms with E-state index >= 15 is 0 Å².